The highest BCUT2D eigenvalue weighted by atomic mass is 15.4. The molecule has 1 atom stereocenters. The molecule has 1 unspecified atom stereocenters. The van der Waals surface area contributed by atoms with Gasteiger partial charge in [-0.25, -0.2) is 0 Å². The van der Waals surface area contributed by atoms with Crippen molar-refractivity contribution in [2.75, 3.05) is 19.6 Å². The Balaban J connectivity index is 2.04. The van der Waals surface area contributed by atoms with Gasteiger partial charge in [-0.15, -0.1) is 0 Å². The predicted octanol–water partition coefficient (Wildman–Crippen LogP) is -0.784. The fraction of sp³-hybridized carbons (Fsp3) is 1.00. The Morgan fingerprint density at radius 2 is 2.00 bits per heavy atom. The number of hydrogen-bond donors (Lipinski definition) is 3. The lowest BCUT2D eigenvalue weighted by Gasteiger charge is -2.19. The smallest absolute Gasteiger partial charge is 0.0472 e. The zero-order chi connectivity index (χ0) is 6.16. The Hall–Kier alpha value is -0.120. The highest BCUT2D eigenvalue weighted by Gasteiger charge is 2.35. The summed E-state index contributed by atoms with van der Waals surface area (Å²) in [5, 5.41) is 3.35. The van der Waals surface area contributed by atoms with Gasteiger partial charge in [-0.1, -0.05) is 0 Å². The van der Waals surface area contributed by atoms with E-state index in [2.05, 4.69) is 16.2 Å². The van der Waals surface area contributed by atoms with Crippen molar-refractivity contribution in [3.05, 3.63) is 0 Å². The van der Waals surface area contributed by atoms with Crippen LogP contribution >= 0.6 is 0 Å². The number of hydrogen-bond acceptors (Lipinski definition) is 3. The molecule has 2 heterocycles. The Morgan fingerprint density at radius 1 is 1.11 bits per heavy atom. The zero-order valence-electron chi connectivity index (χ0n) is 5.54. The lowest BCUT2D eigenvalue weighted by Crippen LogP contribution is -2.45. The van der Waals surface area contributed by atoms with Gasteiger partial charge in [-0.05, 0) is 19.4 Å². The van der Waals surface area contributed by atoms with Crippen LogP contribution in [0, 0.1) is 0 Å². The summed E-state index contributed by atoms with van der Waals surface area (Å²) < 4.78 is 0. The van der Waals surface area contributed by atoms with E-state index in [1.165, 1.54) is 19.4 Å². The topological polar surface area (TPSA) is 36.1 Å². The second kappa shape index (κ2) is 1.94. The molecule has 0 aliphatic carbocycles. The van der Waals surface area contributed by atoms with Gasteiger partial charge in [0.05, 0.1) is 0 Å². The van der Waals surface area contributed by atoms with E-state index >= 15 is 0 Å². The molecule has 0 aromatic heterocycles. The van der Waals surface area contributed by atoms with Crippen LogP contribution in [-0.2, 0) is 0 Å². The molecule has 1 spiro atoms. The number of rotatable bonds is 0. The maximum Gasteiger partial charge on any atom is 0.0472 e. The summed E-state index contributed by atoms with van der Waals surface area (Å²) in [7, 11) is 0. The first-order valence-electron chi connectivity index (χ1n) is 3.62. The molecule has 3 nitrogen and oxygen atoms in total. The summed E-state index contributed by atoms with van der Waals surface area (Å²) in [6.45, 7) is 3.44. The first kappa shape index (κ1) is 5.65. The lowest BCUT2D eigenvalue weighted by molar-refractivity contribution is 0.391. The monoisotopic (exact) mass is 127 g/mol. The van der Waals surface area contributed by atoms with E-state index in [4.69, 9.17) is 0 Å². The molecule has 2 aliphatic heterocycles. The van der Waals surface area contributed by atoms with Crippen molar-refractivity contribution in [2.45, 2.75) is 18.4 Å². The maximum atomic E-state index is 3.35. The molecule has 0 saturated carbocycles. The van der Waals surface area contributed by atoms with Crippen LogP contribution in [0.3, 0.4) is 0 Å². The molecule has 2 fully saturated rings. The Labute approximate surface area is 55.2 Å². The van der Waals surface area contributed by atoms with Crippen LogP contribution in [-0.4, -0.2) is 25.2 Å². The van der Waals surface area contributed by atoms with Crippen LogP contribution in [0.25, 0.3) is 0 Å². The zero-order valence-corrected chi connectivity index (χ0v) is 5.54. The summed E-state index contributed by atoms with van der Waals surface area (Å²) in [5.41, 5.74) is 6.90. The summed E-state index contributed by atoms with van der Waals surface area (Å²) in [4.78, 5) is 0. The third-order valence-electron chi connectivity index (χ3n) is 2.33. The summed E-state index contributed by atoms with van der Waals surface area (Å²) in [6.07, 6.45) is 2.56. The van der Waals surface area contributed by atoms with Crippen molar-refractivity contribution < 1.29 is 0 Å². The van der Waals surface area contributed by atoms with Crippen molar-refractivity contribution in [1.82, 2.24) is 16.2 Å². The molecule has 9 heavy (non-hydrogen) atoms. The Bertz CT molecular complexity index is 83.4. The van der Waals surface area contributed by atoms with Gasteiger partial charge in [0, 0.05) is 18.6 Å². The van der Waals surface area contributed by atoms with Gasteiger partial charge in [-0.3, -0.25) is 10.9 Å². The van der Waals surface area contributed by atoms with Crippen molar-refractivity contribution >= 4 is 0 Å². The van der Waals surface area contributed by atoms with Crippen molar-refractivity contribution in [1.29, 1.82) is 0 Å². The third-order valence-corrected chi connectivity index (χ3v) is 2.33. The van der Waals surface area contributed by atoms with E-state index in [-0.39, 0.29) is 0 Å². The van der Waals surface area contributed by atoms with Gasteiger partial charge in [0.2, 0.25) is 0 Å². The van der Waals surface area contributed by atoms with Crippen LogP contribution in [0.4, 0.5) is 0 Å². The minimum Gasteiger partial charge on any atom is -0.315 e. The van der Waals surface area contributed by atoms with Crippen LogP contribution in [0.5, 0.6) is 0 Å². The minimum atomic E-state index is 0.417. The largest absolute Gasteiger partial charge is 0.315 e. The summed E-state index contributed by atoms with van der Waals surface area (Å²) in [5.74, 6) is 0. The first-order chi connectivity index (χ1) is 4.41. The molecule has 2 saturated heterocycles. The molecule has 3 N–H and O–H groups in total. The SMILES string of the molecule is C1CC2(CCNN2)CN1. The average molecular weight is 127 g/mol. The van der Waals surface area contributed by atoms with E-state index in [9.17, 15) is 0 Å². The number of nitrogens with one attached hydrogen (secondary N) is 3. The van der Waals surface area contributed by atoms with Crippen LogP contribution in [0.15, 0.2) is 0 Å². The van der Waals surface area contributed by atoms with E-state index in [1.807, 2.05) is 0 Å². The maximum absolute atomic E-state index is 3.35. The fourth-order valence-corrected chi connectivity index (χ4v) is 1.68. The third kappa shape index (κ3) is 0.852. The standard InChI is InChI=1S/C6H13N3/c1-3-7-5-6(1)2-4-8-9-6/h7-9H,1-5H2. The van der Waals surface area contributed by atoms with Gasteiger partial charge < -0.3 is 5.32 Å². The van der Waals surface area contributed by atoms with Crippen molar-refractivity contribution in [2.24, 2.45) is 0 Å². The summed E-state index contributed by atoms with van der Waals surface area (Å²) >= 11 is 0. The molecule has 0 aromatic carbocycles. The Morgan fingerprint density at radius 3 is 2.56 bits per heavy atom. The molecule has 2 aliphatic rings. The van der Waals surface area contributed by atoms with Crippen LogP contribution in [0.2, 0.25) is 0 Å². The van der Waals surface area contributed by atoms with Crippen molar-refractivity contribution in [3.8, 4) is 0 Å². The molecule has 0 radical (unpaired) electrons. The highest BCUT2D eigenvalue weighted by Crippen LogP contribution is 2.20. The molecule has 0 bridgehead atoms. The average Bonchev–Trinajstić information content (AvgIpc) is 2.45. The molecule has 2 rings (SSSR count). The second-order valence-electron chi connectivity index (χ2n) is 3.01. The van der Waals surface area contributed by atoms with Crippen LogP contribution < -0.4 is 16.2 Å². The van der Waals surface area contributed by atoms with Gasteiger partial charge in [0.1, 0.15) is 0 Å². The van der Waals surface area contributed by atoms with Gasteiger partial charge in [0.25, 0.3) is 0 Å². The highest BCUT2D eigenvalue weighted by molar-refractivity contribution is 4.97. The first-order valence-corrected chi connectivity index (χ1v) is 3.62. The normalized spacial score (nSPS) is 42.7. The van der Waals surface area contributed by atoms with E-state index < -0.39 is 0 Å². The second-order valence-corrected chi connectivity index (χ2v) is 3.01. The van der Waals surface area contributed by atoms with Gasteiger partial charge >= 0.3 is 0 Å². The van der Waals surface area contributed by atoms with Gasteiger partial charge in [-0.2, -0.15) is 0 Å². The van der Waals surface area contributed by atoms with E-state index in [1.54, 1.807) is 0 Å². The van der Waals surface area contributed by atoms with Gasteiger partial charge in [0.15, 0.2) is 0 Å². The predicted molar refractivity (Wildman–Crippen MR) is 36.0 cm³/mol. The molecular weight excluding hydrogens is 114 g/mol. The van der Waals surface area contributed by atoms with Crippen molar-refractivity contribution in [3.63, 3.8) is 0 Å². The Kier molecular flexibility index (Phi) is 1.22. The fourth-order valence-electron chi connectivity index (χ4n) is 1.68. The number of hydrazine groups is 1. The molecule has 52 valence electrons. The molecular formula is C6H13N3. The van der Waals surface area contributed by atoms with Crippen LogP contribution in [0.1, 0.15) is 12.8 Å². The quantitative estimate of drug-likeness (QED) is 0.399. The minimum absolute atomic E-state index is 0.417. The molecule has 0 aromatic rings. The lowest BCUT2D eigenvalue weighted by atomic mass is 9.97. The van der Waals surface area contributed by atoms with E-state index in [0.717, 1.165) is 13.1 Å². The molecule has 3 heteroatoms. The summed E-state index contributed by atoms with van der Waals surface area (Å²) in [6, 6.07) is 0. The molecule has 0 amide bonds. The van der Waals surface area contributed by atoms with E-state index in [0.29, 0.717) is 5.54 Å².